The fourth-order valence-corrected chi connectivity index (χ4v) is 2.94. The Morgan fingerprint density at radius 2 is 1.08 bits per heavy atom. The molecule has 0 fully saturated rings. The smallest absolute Gasteiger partial charge is 0.330 e. The molecule has 0 aromatic rings. The first-order valence-corrected chi connectivity index (χ1v) is 10.7. The Morgan fingerprint density at radius 1 is 0.654 bits per heavy atom. The van der Waals surface area contributed by atoms with E-state index in [2.05, 4.69) is 11.7 Å². The van der Waals surface area contributed by atoms with Gasteiger partial charge in [-0.15, -0.1) is 0 Å². The van der Waals surface area contributed by atoms with Crippen LogP contribution in [0.5, 0.6) is 0 Å². The van der Waals surface area contributed by atoms with Gasteiger partial charge in [-0.3, -0.25) is 4.79 Å². The zero-order chi connectivity index (χ0) is 19.3. The summed E-state index contributed by atoms with van der Waals surface area (Å²) < 4.78 is 4.47. The van der Waals surface area contributed by atoms with Crippen LogP contribution in [-0.4, -0.2) is 18.9 Å². The summed E-state index contributed by atoms with van der Waals surface area (Å²) in [6.45, 7) is 2.27. The fraction of sp³-hybridized carbons (Fsp3) is 0.739. The van der Waals surface area contributed by atoms with E-state index >= 15 is 0 Å². The lowest BCUT2D eigenvalue weighted by Gasteiger charge is -2.03. The van der Waals surface area contributed by atoms with Gasteiger partial charge in [0.15, 0.2) is 5.78 Å². The Morgan fingerprint density at radius 3 is 1.54 bits per heavy atom. The molecular weight excluding hydrogens is 324 g/mol. The molecule has 0 N–H and O–H groups in total. The maximum Gasteiger partial charge on any atom is 0.330 e. The van der Waals surface area contributed by atoms with Crippen LogP contribution in [0.4, 0.5) is 0 Å². The molecule has 0 saturated heterocycles. The van der Waals surface area contributed by atoms with Gasteiger partial charge >= 0.3 is 5.97 Å². The second-order valence-corrected chi connectivity index (χ2v) is 7.05. The van der Waals surface area contributed by atoms with Crippen molar-refractivity contribution in [1.82, 2.24) is 0 Å². The van der Waals surface area contributed by atoms with Gasteiger partial charge in [0.05, 0.1) is 7.11 Å². The number of ketones is 1. The van der Waals surface area contributed by atoms with Gasteiger partial charge in [-0.25, -0.2) is 4.79 Å². The highest BCUT2D eigenvalue weighted by atomic mass is 16.5. The Labute approximate surface area is 161 Å². The lowest BCUT2D eigenvalue weighted by Crippen LogP contribution is -1.94. The summed E-state index contributed by atoms with van der Waals surface area (Å²) >= 11 is 0. The summed E-state index contributed by atoms with van der Waals surface area (Å²) in [5.41, 5.74) is 0. The van der Waals surface area contributed by atoms with E-state index in [9.17, 15) is 9.59 Å². The summed E-state index contributed by atoms with van der Waals surface area (Å²) in [6, 6.07) is 0. The van der Waals surface area contributed by atoms with Crippen LogP contribution in [0.15, 0.2) is 24.3 Å². The van der Waals surface area contributed by atoms with E-state index in [0.717, 1.165) is 12.8 Å². The van der Waals surface area contributed by atoms with Crippen molar-refractivity contribution in [3.8, 4) is 0 Å². The normalized spacial score (nSPS) is 11.5. The highest BCUT2D eigenvalue weighted by Gasteiger charge is 1.97. The van der Waals surface area contributed by atoms with E-state index in [1.807, 2.05) is 0 Å². The van der Waals surface area contributed by atoms with Crippen LogP contribution in [0.1, 0.15) is 103 Å². The minimum Gasteiger partial charge on any atom is -0.466 e. The number of methoxy groups -OCH3 is 1. The van der Waals surface area contributed by atoms with Crippen molar-refractivity contribution in [3.63, 3.8) is 0 Å². The highest BCUT2D eigenvalue weighted by Crippen LogP contribution is 2.13. The monoisotopic (exact) mass is 364 g/mol. The predicted molar refractivity (Wildman–Crippen MR) is 110 cm³/mol. The van der Waals surface area contributed by atoms with Gasteiger partial charge in [0.2, 0.25) is 0 Å². The summed E-state index contributed by atoms with van der Waals surface area (Å²) in [7, 11) is 1.33. The van der Waals surface area contributed by atoms with E-state index in [1.54, 1.807) is 6.08 Å². The second kappa shape index (κ2) is 19.9. The quantitative estimate of drug-likeness (QED) is 0.117. The van der Waals surface area contributed by atoms with Crippen LogP contribution < -0.4 is 0 Å². The van der Waals surface area contributed by atoms with E-state index in [-0.39, 0.29) is 5.78 Å². The van der Waals surface area contributed by atoms with Crippen molar-refractivity contribution in [2.45, 2.75) is 103 Å². The second-order valence-electron chi connectivity index (χ2n) is 7.05. The Kier molecular flexibility index (Phi) is 18.9. The van der Waals surface area contributed by atoms with E-state index in [0.29, 0.717) is 6.42 Å². The van der Waals surface area contributed by atoms with Crippen LogP contribution in [-0.2, 0) is 14.3 Å². The van der Waals surface area contributed by atoms with Gasteiger partial charge in [-0.2, -0.15) is 0 Å². The topological polar surface area (TPSA) is 43.4 Å². The number of hydrogen-bond donors (Lipinski definition) is 0. The molecule has 0 aliphatic carbocycles. The maximum absolute atomic E-state index is 11.6. The molecule has 0 aromatic heterocycles. The molecule has 0 spiro atoms. The molecule has 3 heteroatoms. The van der Waals surface area contributed by atoms with Crippen LogP contribution in [0, 0.1) is 0 Å². The van der Waals surface area contributed by atoms with Crippen molar-refractivity contribution in [1.29, 1.82) is 0 Å². The molecule has 26 heavy (non-hydrogen) atoms. The number of rotatable bonds is 18. The number of carbonyl (C=O) groups is 2. The van der Waals surface area contributed by atoms with Crippen molar-refractivity contribution >= 4 is 11.8 Å². The van der Waals surface area contributed by atoms with Crippen LogP contribution >= 0.6 is 0 Å². The number of unbranched alkanes of at least 4 members (excludes halogenated alkanes) is 13. The molecule has 0 aliphatic rings. The van der Waals surface area contributed by atoms with Crippen LogP contribution in [0.25, 0.3) is 0 Å². The molecule has 0 aliphatic heterocycles. The molecule has 0 bridgehead atoms. The lowest BCUT2D eigenvalue weighted by molar-refractivity contribution is -0.134. The molecular formula is C23H40O3. The summed E-state index contributed by atoms with van der Waals surface area (Å²) in [6.07, 6.45) is 25.1. The Bertz CT molecular complexity index is 396. The summed E-state index contributed by atoms with van der Waals surface area (Å²) in [5.74, 6) is -0.285. The van der Waals surface area contributed by atoms with Gasteiger partial charge in [0, 0.05) is 12.5 Å². The molecule has 3 nitrogen and oxygen atoms in total. The van der Waals surface area contributed by atoms with Gasteiger partial charge in [0.25, 0.3) is 0 Å². The van der Waals surface area contributed by atoms with Crippen molar-refractivity contribution in [2.75, 3.05) is 7.11 Å². The number of allylic oxidation sites excluding steroid dienone is 3. The lowest BCUT2D eigenvalue weighted by atomic mass is 10.0. The first-order valence-electron chi connectivity index (χ1n) is 10.7. The largest absolute Gasteiger partial charge is 0.466 e. The molecule has 0 amide bonds. The first kappa shape index (κ1) is 24.6. The zero-order valence-corrected chi connectivity index (χ0v) is 17.1. The van der Waals surface area contributed by atoms with E-state index in [4.69, 9.17) is 0 Å². The molecule has 0 atom stereocenters. The third kappa shape index (κ3) is 19.0. The number of ether oxygens (including phenoxy) is 1. The van der Waals surface area contributed by atoms with E-state index < -0.39 is 5.97 Å². The third-order valence-corrected chi connectivity index (χ3v) is 4.60. The predicted octanol–water partition coefficient (Wildman–Crippen LogP) is 6.71. The number of carbonyl (C=O) groups excluding carboxylic acids is 2. The fourth-order valence-electron chi connectivity index (χ4n) is 2.94. The van der Waals surface area contributed by atoms with Gasteiger partial charge < -0.3 is 4.74 Å². The van der Waals surface area contributed by atoms with Crippen LogP contribution in [0.3, 0.4) is 0 Å². The zero-order valence-electron chi connectivity index (χ0n) is 17.1. The molecule has 150 valence electrons. The standard InChI is InChI=1S/C23H40O3/c1-3-4-5-6-7-8-9-10-11-12-13-14-15-16-19-22(24)20-17-18-21-23(25)26-2/h17-18,20-21H,3-16,19H2,1-2H3. The van der Waals surface area contributed by atoms with E-state index in [1.165, 1.54) is 102 Å². The number of esters is 1. The summed E-state index contributed by atoms with van der Waals surface area (Å²) in [5, 5.41) is 0. The molecule has 0 radical (unpaired) electrons. The number of hydrogen-bond acceptors (Lipinski definition) is 3. The van der Waals surface area contributed by atoms with Gasteiger partial charge in [-0.1, -0.05) is 103 Å². The molecule has 0 unspecified atom stereocenters. The van der Waals surface area contributed by atoms with Gasteiger partial charge in [-0.05, 0) is 12.5 Å². The molecule has 0 aromatic carbocycles. The minimum absolute atomic E-state index is 0.124. The Balaban J connectivity index is 3.30. The molecule has 0 saturated carbocycles. The average molecular weight is 365 g/mol. The average Bonchev–Trinajstić information content (AvgIpc) is 2.65. The third-order valence-electron chi connectivity index (χ3n) is 4.60. The SMILES string of the molecule is CCCCCCCCCCCCCCCCC(=O)C=CC=CC(=O)OC. The highest BCUT2D eigenvalue weighted by molar-refractivity contribution is 5.90. The van der Waals surface area contributed by atoms with Crippen LogP contribution in [0.2, 0.25) is 0 Å². The molecule has 0 heterocycles. The van der Waals surface area contributed by atoms with Crippen molar-refractivity contribution in [3.05, 3.63) is 24.3 Å². The first-order chi connectivity index (χ1) is 12.7. The maximum atomic E-state index is 11.6. The van der Waals surface area contributed by atoms with Crippen molar-refractivity contribution in [2.24, 2.45) is 0 Å². The minimum atomic E-state index is -0.408. The summed E-state index contributed by atoms with van der Waals surface area (Å²) in [4.78, 5) is 22.5. The van der Waals surface area contributed by atoms with Gasteiger partial charge in [0.1, 0.15) is 0 Å². The Hall–Kier alpha value is -1.38. The molecule has 0 rings (SSSR count). The van der Waals surface area contributed by atoms with Crippen molar-refractivity contribution < 1.29 is 14.3 Å².